The second-order valence-electron chi connectivity index (χ2n) is 4.13. The Morgan fingerprint density at radius 1 is 0.684 bits per heavy atom. The van der Waals surface area contributed by atoms with Gasteiger partial charge in [-0.15, -0.1) is 0 Å². The van der Waals surface area contributed by atoms with Crippen molar-refractivity contribution in [3.05, 3.63) is 35.7 Å². The van der Waals surface area contributed by atoms with Crippen molar-refractivity contribution in [3.63, 3.8) is 0 Å². The van der Waals surface area contributed by atoms with Gasteiger partial charge in [0.25, 0.3) is 0 Å². The molecule has 1 aliphatic carbocycles. The molecule has 8 heteroatoms. The molecule has 0 bridgehead atoms. The van der Waals surface area contributed by atoms with Crippen LogP contribution in [0.1, 0.15) is 11.4 Å². The van der Waals surface area contributed by atoms with Crippen LogP contribution < -0.4 is 0 Å². The van der Waals surface area contributed by atoms with Crippen LogP contribution in [0.5, 0.6) is 0 Å². The molecule has 0 atom stereocenters. The minimum absolute atomic E-state index is 0.144. The molecule has 100 valence electrons. The zero-order valence-corrected chi connectivity index (χ0v) is 8.97. The van der Waals surface area contributed by atoms with E-state index in [1.807, 2.05) is 0 Å². The Hall–Kier alpha value is -1.86. The van der Waals surface area contributed by atoms with E-state index >= 15 is 0 Å². The molecule has 0 aliphatic heterocycles. The lowest BCUT2D eigenvalue weighted by molar-refractivity contribution is -0.303. The third kappa shape index (κ3) is 1.23. The van der Waals surface area contributed by atoms with Gasteiger partial charge in [-0.25, -0.2) is 9.97 Å². The van der Waals surface area contributed by atoms with Crippen LogP contribution >= 0.6 is 0 Å². The lowest BCUT2D eigenvalue weighted by atomic mass is 10.2. The molecule has 0 amide bonds. The summed E-state index contributed by atoms with van der Waals surface area (Å²) in [6, 6.07) is 5.28. The monoisotopic (exact) mass is 278 g/mol. The fraction of sp³-hybridized carbons (Fsp3) is 0.273. The van der Waals surface area contributed by atoms with Crippen molar-refractivity contribution < 1.29 is 26.3 Å². The number of benzene rings is 1. The highest BCUT2D eigenvalue weighted by Gasteiger charge is 2.81. The van der Waals surface area contributed by atoms with Gasteiger partial charge in [0, 0.05) is 0 Å². The predicted molar refractivity (Wildman–Crippen MR) is 52.3 cm³/mol. The van der Waals surface area contributed by atoms with E-state index in [2.05, 4.69) is 9.97 Å². The van der Waals surface area contributed by atoms with E-state index in [0.717, 1.165) is 0 Å². The number of hydrogen-bond acceptors (Lipinski definition) is 2. The van der Waals surface area contributed by atoms with Crippen LogP contribution in [0, 0.1) is 0 Å². The van der Waals surface area contributed by atoms with E-state index in [-0.39, 0.29) is 11.0 Å². The minimum atomic E-state index is -5.54. The Bertz CT molecular complexity index is 625. The second-order valence-corrected chi connectivity index (χ2v) is 4.13. The van der Waals surface area contributed by atoms with Crippen LogP contribution in [0.2, 0.25) is 0 Å². The Labute approximate surface area is 102 Å². The number of aromatic nitrogens is 2. The average molecular weight is 278 g/mol. The maximum absolute atomic E-state index is 13.4. The van der Waals surface area contributed by atoms with E-state index in [0.29, 0.717) is 0 Å². The lowest BCUT2D eigenvalue weighted by Gasteiger charge is -2.22. The molecular weight excluding hydrogens is 274 g/mol. The van der Waals surface area contributed by atoms with Gasteiger partial charge in [-0.3, -0.25) is 0 Å². The van der Waals surface area contributed by atoms with Crippen LogP contribution in [-0.2, 0) is 11.8 Å². The molecular formula is C11H4F6N2. The van der Waals surface area contributed by atoms with Crippen LogP contribution in [0.25, 0.3) is 11.0 Å². The molecule has 2 aromatic rings. The van der Waals surface area contributed by atoms with E-state index in [1.54, 1.807) is 0 Å². The van der Waals surface area contributed by atoms with E-state index < -0.39 is 29.2 Å². The van der Waals surface area contributed by atoms with Crippen molar-refractivity contribution in [3.8, 4) is 0 Å². The van der Waals surface area contributed by atoms with Crippen molar-refractivity contribution >= 4 is 11.0 Å². The molecule has 2 nitrogen and oxygen atoms in total. The van der Waals surface area contributed by atoms with Crippen molar-refractivity contribution in [1.29, 1.82) is 0 Å². The fourth-order valence-electron chi connectivity index (χ4n) is 1.93. The number of alkyl halides is 6. The smallest absolute Gasteiger partial charge is 0.242 e. The van der Waals surface area contributed by atoms with Gasteiger partial charge in [-0.2, -0.15) is 26.3 Å². The van der Waals surface area contributed by atoms with E-state index in [9.17, 15) is 26.3 Å². The maximum Gasteiger partial charge on any atom is 0.384 e. The van der Waals surface area contributed by atoms with Gasteiger partial charge < -0.3 is 0 Å². The first kappa shape index (κ1) is 12.2. The summed E-state index contributed by atoms with van der Waals surface area (Å²) in [7, 11) is 0. The molecule has 1 aromatic carbocycles. The van der Waals surface area contributed by atoms with Crippen molar-refractivity contribution in [2.75, 3.05) is 0 Å². The Kier molecular flexibility index (Phi) is 2.04. The van der Waals surface area contributed by atoms with Crippen LogP contribution in [0.4, 0.5) is 26.3 Å². The zero-order valence-electron chi connectivity index (χ0n) is 8.97. The fourth-order valence-corrected chi connectivity index (χ4v) is 1.93. The summed E-state index contributed by atoms with van der Waals surface area (Å²) in [6.07, 6.45) is 0. The highest BCUT2D eigenvalue weighted by molar-refractivity contribution is 5.75. The topological polar surface area (TPSA) is 25.8 Å². The molecule has 0 saturated heterocycles. The summed E-state index contributed by atoms with van der Waals surface area (Å²) in [4.78, 5) is 6.45. The lowest BCUT2D eigenvalue weighted by Crippen LogP contribution is -2.43. The molecule has 0 saturated carbocycles. The summed E-state index contributed by atoms with van der Waals surface area (Å²) in [5.74, 6) is -15.6. The standard InChI is InChI=1S/C11H4F6N2/c12-9(13)7-8(10(14,15)11(9,16)17)19-6-4-2-1-3-5(6)18-7/h1-4H. The summed E-state index contributed by atoms with van der Waals surface area (Å²) in [5, 5.41) is 0. The van der Waals surface area contributed by atoms with Gasteiger partial charge in [0.1, 0.15) is 11.4 Å². The minimum Gasteiger partial charge on any atom is -0.242 e. The van der Waals surface area contributed by atoms with E-state index in [1.165, 1.54) is 24.3 Å². The normalized spacial score (nSPS) is 22.4. The number of fused-ring (bicyclic) bond motifs is 2. The molecule has 0 radical (unpaired) electrons. The number of para-hydroxylation sites is 2. The molecule has 1 aromatic heterocycles. The molecule has 3 rings (SSSR count). The first-order valence-electron chi connectivity index (χ1n) is 5.11. The summed E-state index contributed by atoms with van der Waals surface area (Å²) < 4.78 is 80.0. The van der Waals surface area contributed by atoms with Crippen LogP contribution in [0.3, 0.4) is 0 Å². The average Bonchev–Trinajstić information content (AvgIpc) is 2.45. The summed E-state index contributed by atoms with van der Waals surface area (Å²) >= 11 is 0. The van der Waals surface area contributed by atoms with Crippen molar-refractivity contribution in [1.82, 2.24) is 9.97 Å². The molecule has 0 fully saturated rings. The molecule has 1 heterocycles. The molecule has 0 unspecified atom stereocenters. The molecule has 1 aliphatic rings. The summed E-state index contributed by atoms with van der Waals surface area (Å²) in [6.45, 7) is 0. The Balaban J connectivity index is 2.42. The van der Waals surface area contributed by atoms with Crippen molar-refractivity contribution in [2.24, 2.45) is 0 Å². The second kappa shape index (κ2) is 3.17. The Morgan fingerprint density at radius 2 is 1.05 bits per heavy atom. The van der Waals surface area contributed by atoms with Gasteiger partial charge in [0.2, 0.25) is 0 Å². The quantitative estimate of drug-likeness (QED) is 0.690. The Morgan fingerprint density at radius 3 is 1.42 bits per heavy atom. The third-order valence-electron chi connectivity index (χ3n) is 2.95. The highest BCUT2D eigenvalue weighted by Crippen LogP contribution is 2.61. The van der Waals surface area contributed by atoms with Gasteiger partial charge in [-0.05, 0) is 12.1 Å². The molecule has 0 N–H and O–H groups in total. The maximum atomic E-state index is 13.4. The first-order valence-corrected chi connectivity index (χ1v) is 5.11. The van der Waals surface area contributed by atoms with E-state index in [4.69, 9.17) is 0 Å². The van der Waals surface area contributed by atoms with Gasteiger partial charge in [0.05, 0.1) is 11.0 Å². The number of halogens is 6. The van der Waals surface area contributed by atoms with Crippen LogP contribution in [-0.4, -0.2) is 15.9 Å². The number of rotatable bonds is 0. The zero-order chi connectivity index (χ0) is 14.1. The van der Waals surface area contributed by atoms with Gasteiger partial charge in [-0.1, -0.05) is 12.1 Å². The third-order valence-corrected chi connectivity index (χ3v) is 2.95. The first-order chi connectivity index (χ1) is 8.69. The SMILES string of the molecule is FC1(F)c2nc3ccccc3nc2C(F)(F)C1(F)F. The predicted octanol–water partition coefficient (Wildman–Crippen LogP) is 3.46. The van der Waals surface area contributed by atoms with Gasteiger partial charge >= 0.3 is 17.8 Å². The van der Waals surface area contributed by atoms with Gasteiger partial charge in [0.15, 0.2) is 0 Å². The molecule has 19 heavy (non-hydrogen) atoms. The molecule has 0 spiro atoms. The summed E-state index contributed by atoms with van der Waals surface area (Å²) in [5.41, 5.74) is -3.62. The van der Waals surface area contributed by atoms with Crippen molar-refractivity contribution in [2.45, 2.75) is 17.8 Å². The highest BCUT2D eigenvalue weighted by atomic mass is 19.3. The number of hydrogen-bond donors (Lipinski definition) is 0. The largest absolute Gasteiger partial charge is 0.384 e. The number of nitrogens with zero attached hydrogens (tertiary/aromatic N) is 2. The van der Waals surface area contributed by atoms with Crippen LogP contribution in [0.15, 0.2) is 24.3 Å².